The van der Waals surface area contributed by atoms with Gasteiger partial charge in [-0.2, -0.15) is 0 Å². The van der Waals surface area contributed by atoms with E-state index in [-0.39, 0.29) is 5.91 Å². The van der Waals surface area contributed by atoms with E-state index in [1.54, 1.807) is 6.07 Å². The van der Waals surface area contributed by atoms with Crippen molar-refractivity contribution in [2.24, 2.45) is 0 Å². The Kier molecular flexibility index (Phi) is 3.87. The van der Waals surface area contributed by atoms with E-state index >= 15 is 0 Å². The zero-order valence-electron chi connectivity index (χ0n) is 10.3. The summed E-state index contributed by atoms with van der Waals surface area (Å²) >= 11 is 3.40. The minimum atomic E-state index is -0.229. The van der Waals surface area contributed by atoms with Crippen molar-refractivity contribution in [3.8, 4) is 0 Å². The third-order valence-corrected chi connectivity index (χ3v) is 2.99. The Bertz CT molecular complexity index is 555. The number of carbonyl (C=O) groups is 1. The van der Waals surface area contributed by atoms with Gasteiger partial charge in [-0.15, -0.1) is 0 Å². The highest BCUT2D eigenvalue weighted by Crippen LogP contribution is 2.20. The second kappa shape index (κ2) is 5.40. The molecule has 18 heavy (non-hydrogen) atoms. The first-order valence-corrected chi connectivity index (χ1v) is 6.55. The number of benzene rings is 1. The van der Waals surface area contributed by atoms with Gasteiger partial charge < -0.3 is 9.73 Å². The highest BCUT2D eigenvalue weighted by Gasteiger charge is 2.11. The standard InChI is InChI=1S/C14H14BrNO2/c1-3-12-4-5-13(18-12)14(17)16-11-7-9(2)6-10(15)8-11/h4-8H,3H2,1-2H3,(H,16,17). The number of hydrogen-bond donors (Lipinski definition) is 1. The second-order valence-corrected chi connectivity index (χ2v) is 5.01. The average Bonchev–Trinajstić information content (AvgIpc) is 2.75. The molecule has 0 aliphatic carbocycles. The Hall–Kier alpha value is -1.55. The predicted molar refractivity (Wildman–Crippen MR) is 74.9 cm³/mol. The van der Waals surface area contributed by atoms with Crippen LogP contribution in [0.3, 0.4) is 0 Å². The quantitative estimate of drug-likeness (QED) is 0.925. The molecule has 2 rings (SSSR count). The van der Waals surface area contributed by atoms with Gasteiger partial charge in [0.2, 0.25) is 0 Å². The molecule has 0 saturated heterocycles. The lowest BCUT2D eigenvalue weighted by atomic mass is 10.2. The minimum Gasteiger partial charge on any atom is -0.456 e. The molecule has 94 valence electrons. The number of aryl methyl sites for hydroxylation is 2. The van der Waals surface area contributed by atoms with E-state index < -0.39 is 0 Å². The van der Waals surface area contributed by atoms with E-state index in [9.17, 15) is 4.79 Å². The van der Waals surface area contributed by atoms with Crippen molar-refractivity contribution in [1.82, 2.24) is 0 Å². The molecule has 0 spiro atoms. The zero-order chi connectivity index (χ0) is 13.1. The Morgan fingerprint density at radius 3 is 2.72 bits per heavy atom. The second-order valence-electron chi connectivity index (χ2n) is 4.09. The molecule has 2 aromatic rings. The van der Waals surface area contributed by atoms with Crippen LogP contribution >= 0.6 is 15.9 Å². The lowest BCUT2D eigenvalue weighted by Crippen LogP contribution is -2.10. The van der Waals surface area contributed by atoms with Crippen LogP contribution in [-0.4, -0.2) is 5.91 Å². The van der Waals surface area contributed by atoms with E-state index in [4.69, 9.17) is 4.42 Å². The first-order valence-electron chi connectivity index (χ1n) is 5.75. The fourth-order valence-corrected chi connectivity index (χ4v) is 2.30. The van der Waals surface area contributed by atoms with Crippen LogP contribution in [0.15, 0.2) is 39.2 Å². The number of furan rings is 1. The van der Waals surface area contributed by atoms with Crippen molar-refractivity contribution >= 4 is 27.5 Å². The van der Waals surface area contributed by atoms with Crippen LogP contribution < -0.4 is 5.32 Å². The lowest BCUT2D eigenvalue weighted by molar-refractivity contribution is 0.0995. The van der Waals surface area contributed by atoms with E-state index in [0.29, 0.717) is 5.76 Å². The Morgan fingerprint density at radius 2 is 2.11 bits per heavy atom. The van der Waals surface area contributed by atoms with Gasteiger partial charge >= 0.3 is 0 Å². The molecule has 0 atom stereocenters. The molecule has 0 aliphatic rings. The van der Waals surface area contributed by atoms with Crippen LogP contribution in [-0.2, 0) is 6.42 Å². The van der Waals surface area contributed by atoms with Crippen LogP contribution in [0.5, 0.6) is 0 Å². The van der Waals surface area contributed by atoms with E-state index in [0.717, 1.165) is 27.9 Å². The van der Waals surface area contributed by atoms with Gasteiger partial charge in [-0.1, -0.05) is 22.9 Å². The fraction of sp³-hybridized carbons (Fsp3) is 0.214. The lowest BCUT2D eigenvalue weighted by Gasteiger charge is -2.05. The van der Waals surface area contributed by atoms with E-state index in [1.165, 1.54) is 0 Å². The molecule has 3 nitrogen and oxygen atoms in total. The van der Waals surface area contributed by atoms with E-state index in [2.05, 4.69) is 21.2 Å². The summed E-state index contributed by atoms with van der Waals surface area (Å²) in [5, 5.41) is 2.81. The number of rotatable bonds is 3. The summed E-state index contributed by atoms with van der Waals surface area (Å²) in [7, 11) is 0. The van der Waals surface area contributed by atoms with Crippen molar-refractivity contribution in [2.75, 3.05) is 5.32 Å². The van der Waals surface area contributed by atoms with Gasteiger partial charge in [-0.3, -0.25) is 4.79 Å². The van der Waals surface area contributed by atoms with E-state index in [1.807, 2.05) is 38.1 Å². The van der Waals surface area contributed by atoms with Gasteiger partial charge in [-0.05, 0) is 42.8 Å². The maximum absolute atomic E-state index is 11.9. The summed E-state index contributed by atoms with van der Waals surface area (Å²) in [5.41, 5.74) is 1.83. The normalized spacial score (nSPS) is 10.4. The Morgan fingerprint density at radius 1 is 1.33 bits per heavy atom. The molecule has 0 saturated carbocycles. The third kappa shape index (κ3) is 3.01. The molecule has 1 aromatic heterocycles. The molecule has 0 aliphatic heterocycles. The average molecular weight is 308 g/mol. The first-order chi connectivity index (χ1) is 8.58. The smallest absolute Gasteiger partial charge is 0.291 e. The SMILES string of the molecule is CCc1ccc(C(=O)Nc2cc(C)cc(Br)c2)o1. The molecule has 0 unspecified atom stereocenters. The summed E-state index contributed by atoms with van der Waals surface area (Å²) in [6.07, 6.45) is 0.781. The molecular formula is C14H14BrNO2. The number of nitrogens with one attached hydrogen (secondary N) is 1. The van der Waals surface area contributed by atoms with Crippen molar-refractivity contribution in [3.05, 3.63) is 51.9 Å². The summed E-state index contributed by atoms with van der Waals surface area (Å²) in [5.74, 6) is 0.919. The van der Waals surface area contributed by atoms with Gasteiger partial charge in [-0.25, -0.2) is 0 Å². The van der Waals surface area contributed by atoms with Crippen LogP contribution in [0.1, 0.15) is 28.8 Å². The third-order valence-electron chi connectivity index (χ3n) is 2.53. The zero-order valence-corrected chi connectivity index (χ0v) is 11.9. The van der Waals surface area contributed by atoms with Gasteiger partial charge in [0.1, 0.15) is 5.76 Å². The maximum Gasteiger partial charge on any atom is 0.291 e. The summed E-state index contributed by atoms with van der Waals surface area (Å²) in [6, 6.07) is 9.26. The molecule has 0 radical (unpaired) electrons. The molecule has 1 N–H and O–H groups in total. The van der Waals surface area contributed by atoms with Gasteiger partial charge in [0, 0.05) is 16.6 Å². The molecular weight excluding hydrogens is 294 g/mol. The molecule has 1 heterocycles. The molecule has 1 aromatic carbocycles. The monoisotopic (exact) mass is 307 g/mol. The molecule has 0 fully saturated rings. The largest absolute Gasteiger partial charge is 0.456 e. The van der Waals surface area contributed by atoms with Crippen molar-refractivity contribution in [3.63, 3.8) is 0 Å². The van der Waals surface area contributed by atoms with Crippen LogP contribution in [0.25, 0.3) is 0 Å². The predicted octanol–water partition coefficient (Wildman–Crippen LogP) is 4.17. The highest BCUT2D eigenvalue weighted by atomic mass is 79.9. The van der Waals surface area contributed by atoms with Gasteiger partial charge in [0.15, 0.2) is 5.76 Å². The molecule has 1 amide bonds. The Balaban J connectivity index is 2.15. The van der Waals surface area contributed by atoms with Crippen molar-refractivity contribution in [1.29, 1.82) is 0 Å². The van der Waals surface area contributed by atoms with Crippen LogP contribution in [0.2, 0.25) is 0 Å². The number of hydrogen-bond acceptors (Lipinski definition) is 2. The van der Waals surface area contributed by atoms with Crippen molar-refractivity contribution < 1.29 is 9.21 Å². The summed E-state index contributed by atoms with van der Waals surface area (Å²) < 4.78 is 6.34. The maximum atomic E-state index is 11.9. The number of amides is 1. The summed E-state index contributed by atoms with van der Waals surface area (Å²) in [6.45, 7) is 3.96. The number of carbonyl (C=O) groups excluding carboxylic acids is 1. The fourth-order valence-electron chi connectivity index (χ4n) is 1.69. The summed E-state index contributed by atoms with van der Waals surface area (Å²) in [4.78, 5) is 11.9. The molecule has 0 bridgehead atoms. The molecule has 4 heteroatoms. The van der Waals surface area contributed by atoms with Gasteiger partial charge in [0.25, 0.3) is 5.91 Å². The first kappa shape index (κ1) is 12.9. The van der Waals surface area contributed by atoms with Gasteiger partial charge in [0.05, 0.1) is 0 Å². The number of anilines is 1. The van der Waals surface area contributed by atoms with Crippen LogP contribution in [0, 0.1) is 6.92 Å². The van der Waals surface area contributed by atoms with Crippen LogP contribution in [0.4, 0.5) is 5.69 Å². The number of halogens is 1. The minimum absolute atomic E-state index is 0.229. The topological polar surface area (TPSA) is 42.2 Å². The Labute approximate surface area is 114 Å². The van der Waals surface area contributed by atoms with Crippen molar-refractivity contribution in [2.45, 2.75) is 20.3 Å². The highest BCUT2D eigenvalue weighted by molar-refractivity contribution is 9.10.